The van der Waals surface area contributed by atoms with E-state index in [9.17, 15) is 4.79 Å². The highest BCUT2D eigenvalue weighted by molar-refractivity contribution is 5.65. The van der Waals surface area contributed by atoms with Crippen LogP contribution in [0.1, 0.15) is 96.8 Å². The Bertz CT molecular complexity index is 236. The smallest absolute Gasteiger partial charge is 0.302 e. The summed E-state index contributed by atoms with van der Waals surface area (Å²) in [7, 11) is 0. The normalized spacial score (nSPS) is 10.5. The molecule has 0 aliphatic carbocycles. The van der Waals surface area contributed by atoms with Gasteiger partial charge in [0, 0.05) is 6.92 Å². The molecule has 0 atom stereocenters. The summed E-state index contributed by atoms with van der Waals surface area (Å²) in [6.07, 6.45) is 20.5. The molecule has 2 heteroatoms. The lowest BCUT2D eigenvalue weighted by Gasteiger charge is -2.03. The summed E-state index contributed by atoms with van der Waals surface area (Å²) in [6, 6.07) is 0. The third-order valence-electron chi connectivity index (χ3n) is 3.86. The number of ether oxygens (including phenoxy) is 1. The van der Waals surface area contributed by atoms with E-state index < -0.39 is 0 Å². The minimum Gasteiger partial charge on any atom is -0.466 e. The molecule has 21 heavy (non-hydrogen) atoms. The van der Waals surface area contributed by atoms with E-state index in [2.05, 4.69) is 6.58 Å². The van der Waals surface area contributed by atoms with Crippen molar-refractivity contribution in [2.75, 3.05) is 6.61 Å². The van der Waals surface area contributed by atoms with E-state index in [1.54, 1.807) is 0 Å². The Hall–Kier alpha value is -0.790. The van der Waals surface area contributed by atoms with Crippen molar-refractivity contribution in [3.05, 3.63) is 12.7 Å². The fraction of sp³-hybridized carbons (Fsp3) is 0.842. The van der Waals surface area contributed by atoms with Crippen molar-refractivity contribution in [2.45, 2.75) is 96.8 Å². The molecular formula is C19H36O2. The molecule has 0 saturated carbocycles. The highest BCUT2D eigenvalue weighted by atomic mass is 16.5. The van der Waals surface area contributed by atoms with Gasteiger partial charge in [-0.1, -0.05) is 76.7 Å². The average molecular weight is 296 g/mol. The first kappa shape index (κ1) is 20.2. The molecule has 0 aromatic carbocycles. The first-order valence-electron chi connectivity index (χ1n) is 9.01. The largest absolute Gasteiger partial charge is 0.466 e. The van der Waals surface area contributed by atoms with Gasteiger partial charge in [-0.2, -0.15) is 0 Å². The molecule has 0 fully saturated rings. The molecule has 0 spiro atoms. The lowest BCUT2D eigenvalue weighted by Crippen LogP contribution is -2.00. The van der Waals surface area contributed by atoms with E-state index >= 15 is 0 Å². The number of allylic oxidation sites excluding steroid dienone is 1. The fourth-order valence-corrected chi connectivity index (χ4v) is 2.55. The Kier molecular flexibility index (Phi) is 16.6. The second-order valence-electron chi connectivity index (χ2n) is 6.01. The predicted molar refractivity (Wildman–Crippen MR) is 91.5 cm³/mol. The number of hydrogen-bond donors (Lipinski definition) is 0. The number of esters is 1. The summed E-state index contributed by atoms with van der Waals surface area (Å²) in [5.41, 5.74) is 0. The van der Waals surface area contributed by atoms with Crippen molar-refractivity contribution in [1.29, 1.82) is 0 Å². The predicted octanol–water partition coefficient (Wildman–Crippen LogP) is 6.20. The maximum absolute atomic E-state index is 10.6. The lowest BCUT2D eigenvalue weighted by molar-refractivity contribution is -0.141. The second-order valence-corrected chi connectivity index (χ2v) is 6.01. The number of carbonyl (C=O) groups excluding carboxylic acids is 1. The van der Waals surface area contributed by atoms with E-state index in [0.717, 1.165) is 6.42 Å². The maximum Gasteiger partial charge on any atom is 0.302 e. The quantitative estimate of drug-likeness (QED) is 0.193. The maximum atomic E-state index is 10.6. The van der Waals surface area contributed by atoms with Gasteiger partial charge < -0.3 is 4.74 Å². The highest BCUT2D eigenvalue weighted by Gasteiger charge is 1.95. The highest BCUT2D eigenvalue weighted by Crippen LogP contribution is 2.13. The van der Waals surface area contributed by atoms with Crippen LogP contribution >= 0.6 is 0 Å². The molecule has 0 rings (SSSR count). The molecule has 0 aromatic rings. The summed E-state index contributed by atoms with van der Waals surface area (Å²) < 4.78 is 4.91. The van der Waals surface area contributed by atoms with Crippen LogP contribution in [0.2, 0.25) is 0 Å². The zero-order valence-corrected chi connectivity index (χ0v) is 14.2. The first-order valence-corrected chi connectivity index (χ1v) is 9.01. The van der Waals surface area contributed by atoms with Gasteiger partial charge in [-0.25, -0.2) is 0 Å². The van der Waals surface area contributed by atoms with E-state index in [0.29, 0.717) is 6.61 Å². The third kappa shape index (κ3) is 19.2. The van der Waals surface area contributed by atoms with Gasteiger partial charge in [-0.05, 0) is 19.3 Å². The monoisotopic (exact) mass is 296 g/mol. The molecular weight excluding hydrogens is 260 g/mol. The molecule has 0 aliphatic heterocycles. The van der Waals surface area contributed by atoms with Gasteiger partial charge in [0.05, 0.1) is 6.61 Å². The second kappa shape index (κ2) is 17.3. The molecule has 0 radical (unpaired) electrons. The minimum atomic E-state index is -0.157. The van der Waals surface area contributed by atoms with E-state index in [1.165, 1.54) is 90.4 Å². The summed E-state index contributed by atoms with van der Waals surface area (Å²) in [6.45, 7) is 5.82. The molecule has 2 nitrogen and oxygen atoms in total. The van der Waals surface area contributed by atoms with Crippen LogP contribution in [0.4, 0.5) is 0 Å². The number of rotatable bonds is 16. The fourth-order valence-electron chi connectivity index (χ4n) is 2.55. The molecule has 0 amide bonds. The van der Waals surface area contributed by atoms with Gasteiger partial charge in [0.15, 0.2) is 0 Å². The zero-order valence-electron chi connectivity index (χ0n) is 14.2. The van der Waals surface area contributed by atoms with Crippen LogP contribution in [0.25, 0.3) is 0 Å². The summed E-state index contributed by atoms with van der Waals surface area (Å²) in [4.78, 5) is 10.6. The van der Waals surface area contributed by atoms with Crippen molar-refractivity contribution in [3.63, 3.8) is 0 Å². The summed E-state index contributed by atoms with van der Waals surface area (Å²) >= 11 is 0. The van der Waals surface area contributed by atoms with Crippen molar-refractivity contribution < 1.29 is 9.53 Å². The summed E-state index contributed by atoms with van der Waals surface area (Å²) in [5.74, 6) is -0.157. The van der Waals surface area contributed by atoms with Gasteiger partial charge in [0.2, 0.25) is 0 Å². The van der Waals surface area contributed by atoms with E-state index in [-0.39, 0.29) is 5.97 Å². The van der Waals surface area contributed by atoms with Crippen molar-refractivity contribution in [2.24, 2.45) is 0 Å². The molecule has 0 bridgehead atoms. The van der Waals surface area contributed by atoms with Gasteiger partial charge in [0.25, 0.3) is 0 Å². The molecule has 0 aliphatic rings. The molecule has 0 heterocycles. The van der Waals surface area contributed by atoms with E-state index in [1.807, 2.05) is 6.08 Å². The summed E-state index contributed by atoms with van der Waals surface area (Å²) in [5, 5.41) is 0. The lowest BCUT2D eigenvalue weighted by atomic mass is 10.0. The Balaban J connectivity index is 2.96. The van der Waals surface area contributed by atoms with Crippen LogP contribution in [-0.4, -0.2) is 12.6 Å². The van der Waals surface area contributed by atoms with E-state index in [4.69, 9.17) is 4.74 Å². The molecule has 0 aromatic heterocycles. The topological polar surface area (TPSA) is 26.3 Å². The Morgan fingerprint density at radius 1 is 0.762 bits per heavy atom. The standard InChI is InChI=1S/C19H36O2/c1-3-4-5-6-7-8-9-10-11-12-13-14-15-16-17-18-21-19(2)20/h3H,1,4-18H2,2H3. The van der Waals surface area contributed by atoms with Crippen LogP contribution in [0.5, 0.6) is 0 Å². The van der Waals surface area contributed by atoms with Crippen LogP contribution in [0.3, 0.4) is 0 Å². The van der Waals surface area contributed by atoms with Crippen LogP contribution < -0.4 is 0 Å². The van der Waals surface area contributed by atoms with Crippen molar-refractivity contribution >= 4 is 5.97 Å². The molecule has 124 valence electrons. The SMILES string of the molecule is C=CCCCCCCCCCCCCCCCOC(C)=O. The zero-order chi connectivity index (χ0) is 15.6. The Morgan fingerprint density at radius 2 is 1.14 bits per heavy atom. The number of hydrogen-bond acceptors (Lipinski definition) is 2. The van der Waals surface area contributed by atoms with Gasteiger partial charge >= 0.3 is 5.97 Å². The first-order chi connectivity index (χ1) is 10.3. The van der Waals surface area contributed by atoms with Gasteiger partial charge in [-0.15, -0.1) is 6.58 Å². The van der Waals surface area contributed by atoms with Gasteiger partial charge in [0.1, 0.15) is 0 Å². The molecule has 0 N–H and O–H groups in total. The average Bonchev–Trinajstić information content (AvgIpc) is 2.46. The van der Waals surface area contributed by atoms with Crippen molar-refractivity contribution in [1.82, 2.24) is 0 Å². The number of carbonyl (C=O) groups is 1. The van der Waals surface area contributed by atoms with Crippen LogP contribution in [0.15, 0.2) is 12.7 Å². The van der Waals surface area contributed by atoms with Gasteiger partial charge in [-0.3, -0.25) is 4.79 Å². The molecule has 0 saturated heterocycles. The Morgan fingerprint density at radius 3 is 1.52 bits per heavy atom. The Labute approximate surface area is 132 Å². The van der Waals surface area contributed by atoms with Crippen molar-refractivity contribution in [3.8, 4) is 0 Å². The minimum absolute atomic E-state index is 0.157. The third-order valence-corrected chi connectivity index (χ3v) is 3.86. The molecule has 0 unspecified atom stereocenters. The number of unbranched alkanes of at least 4 members (excludes halogenated alkanes) is 13. The van der Waals surface area contributed by atoms with Crippen LogP contribution in [0, 0.1) is 0 Å². The van der Waals surface area contributed by atoms with Crippen LogP contribution in [-0.2, 0) is 9.53 Å².